The minimum Gasteiger partial charge on any atom is -0.376 e. The van der Waals surface area contributed by atoms with E-state index in [4.69, 9.17) is 0 Å². The molecule has 1 aliphatic carbocycles. The lowest BCUT2D eigenvalue weighted by Gasteiger charge is -2.32. The van der Waals surface area contributed by atoms with Gasteiger partial charge in [-0.15, -0.1) is 0 Å². The summed E-state index contributed by atoms with van der Waals surface area (Å²) in [5.74, 6) is 0.613. The summed E-state index contributed by atoms with van der Waals surface area (Å²) in [5, 5.41) is 15.4. The number of anilines is 1. The minimum atomic E-state index is -0.366. The van der Waals surface area contributed by atoms with Gasteiger partial charge in [-0.3, -0.25) is 10.1 Å². The van der Waals surface area contributed by atoms with Crippen molar-refractivity contribution in [3.8, 4) is 0 Å². The summed E-state index contributed by atoms with van der Waals surface area (Å²) >= 11 is 0. The SMILES string of the molecule is CC(Nc1c([N+](=O)[O-])cnc2ccccc12)C1CCC1. The molecular weight excluding hydrogens is 254 g/mol. The number of nitro groups is 1. The van der Waals surface area contributed by atoms with E-state index in [-0.39, 0.29) is 16.7 Å². The Morgan fingerprint density at radius 2 is 2.15 bits per heavy atom. The smallest absolute Gasteiger partial charge is 0.311 e. The first-order valence-corrected chi connectivity index (χ1v) is 6.95. The Balaban J connectivity index is 2.04. The van der Waals surface area contributed by atoms with Crippen molar-refractivity contribution in [2.45, 2.75) is 32.2 Å². The second-order valence-electron chi connectivity index (χ2n) is 5.42. The lowest BCUT2D eigenvalue weighted by molar-refractivity contribution is -0.384. The molecule has 5 nitrogen and oxygen atoms in total. The van der Waals surface area contributed by atoms with Gasteiger partial charge in [0.15, 0.2) is 0 Å². The summed E-state index contributed by atoms with van der Waals surface area (Å²) in [6.07, 6.45) is 5.00. The molecule has 0 saturated heterocycles. The molecule has 0 amide bonds. The molecule has 1 fully saturated rings. The topological polar surface area (TPSA) is 68.1 Å². The fourth-order valence-electron chi connectivity index (χ4n) is 2.71. The zero-order valence-corrected chi connectivity index (χ0v) is 11.4. The van der Waals surface area contributed by atoms with Crippen molar-refractivity contribution in [2.24, 2.45) is 5.92 Å². The van der Waals surface area contributed by atoms with Crippen LogP contribution in [0.5, 0.6) is 0 Å². The first-order valence-electron chi connectivity index (χ1n) is 6.95. The lowest BCUT2D eigenvalue weighted by atomic mass is 9.80. The number of pyridine rings is 1. The Morgan fingerprint density at radius 1 is 1.40 bits per heavy atom. The standard InChI is InChI=1S/C15H17N3O2/c1-10(11-5-4-6-11)17-15-12-7-2-3-8-13(12)16-9-14(15)18(19)20/h2-3,7-11H,4-6H2,1H3,(H,16,17). The molecule has 0 radical (unpaired) electrons. The highest BCUT2D eigenvalue weighted by Gasteiger charge is 2.26. The van der Waals surface area contributed by atoms with E-state index >= 15 is 0 Å². The van der Waals surface area contributed by atoms with Gasteiger partial charge in [-0.1, -0.05) is 24.6 Å². The van der Waals surface area contributed by atoms with Crippen LogP contribution in [0.15, 0.2) is 30.5 Å². The molecular formula is C15H17N3O2. The maximum absolute atomic E-state index is 11.2. The number of hydrogen-bond acceptors (Lipinski definition) is 4. The maximum Gasteiger partial charge on any atom is 0.311 e. The number of aromatic nitrogens is 1. The van der Waals surface area contributed by atoms with E-state index in [1.54, 1.807) is 0 Å². The van der Waals surface area contributed by atoms with Crippen molar-refractivity contribution in [2.75, 3.05) is 5.32 Å². The van der Waals surface area contributed by atoms with Crippen LogP contribution in [0.1, 0.15) is 26.2 Å². The molecule has 1 unspecified atom stereocenters. The highest BCUT2D eigenvalue weighted by molar-refractivity contribution is 5.95. The van der Waals surface area contributed by atoms with Gasteiger partial charge in [-0.25, -0.2) is 4.98 Å². The Bertz CT molecular complexity index is 653. The molecule has 1 atom stereocenters. The monoisotopic (exact) mass is 271 g/mol. The largest absolute Gasteiger partial charge is 0.376 e. The molecule has 2 aromatic rings. The molecule has 1 aromatic carbocycles. The van der Waals surface area contributed by atoms with Gasteiger partial charge in [0.2, 0.25) is 0 Å². The summed E-state index contributed by atoms with van der Waals surface area (Å²) in [6, 6.07) is 7.77. The molecule has 1 aromatic heterocycles. The zero-order valence-electron chi connectivity index (χ0n) is 11.4. The summed E-state index contributed by atoms with van der Waals surface area (Å²) in [5.41, 5.74) is 1.43. The number of fused-ring (bicyclic) bond motifs is 1. The van der Waals surface area contributed by atoms with Crippen LogP contribution in [0.4, 0.5) is 11.4 Å². The molecule has 0 bridgehead atoms. The van der Waals surface area contributed by atoms with E-state index in [1.807, 2.05) is 24.3 Å². The van der Waals surface area contributed by atoms with E-state index < -0.39 is 0 Å². The summed E-state index contributed by atoms with van der Waals surface area (Å²) in [6.45, 7) is 2.10. The molecule has 1 saturated carbocycles. The Morgan fingerprint density at radius 3 is 2.80 bits per heavy atom. The first kappa shape index (κ1) is 12.8. The first-order chi connectivity index (χ1) is 9.66. The Hall–Kier alpha value is -2.17. The van der Waals surface area contributed by atoms with Crippen LogP contribution in [-0.2, 0) is 0 Å². The highest BCUT2D eigenvalue weighted by Crippen LogP contribution is 2.36. The molecule has 104 valence electrons. The fraction of sp³-hybridized carbons (Fsp3) is 0.400. The van der Waals surface area contributed by atoms with E-state index in [2.05, 4.69) is 17.2 Å². The molecule has 0 spiro atoms. The van der Waals surface area contributed by atoms with Crippen molar-refractivity contribution < 1.29 is 4.92 Å². The maximum atomic E-state index is 11.2. The van der Waals surface area contributed by atoms with E-state index in [1.165, 1.54) is 25.5 Å². The van der Waals surface area contributed by atoms with Crippen LogP contribution in [0.25, 0.3) is 10.9 Å². The predicted octanol–water partition coefficient (Wildman–Crippen LogP) is 3.74. The van der Waals surface area contributed by atoms with Crippen molar-refractivity contribution in [3.05, 3.63) is 40.6 Å². The number of rotatable bonds is 4. The van der Waals surface area contributed by atoms with Crippen LogP contribution < -0.4 is 5.32 Å². The van der Waals surface area contributed by atoms with Gasteiger partial charge in [0, 0.05) is 11.4 Å². The second kappa shape index (κ2) is 5.07. The minimum absolute atomic E-state index is 0.0508. The third kappa shape index (κ3) is 2.19. The third-order valence-electron chi connectivity index (χ3n) is 4.18. The van der Waals surface area contributed by atoms with Crippen molar-refractivity contribution in [1.29, 1.82) is 0 Å². The van der Waals surface area contributed by atoms with Gasteiger partial charge in [0.1, 0.15) is 11.9 Å². The van der Waals surface area contributed by atoms with Gasteiger partial charge in [0.25, 0.3) is 0 Å². The molecule has 1 N–H and O–H groups in total. The number of benzene rings is 1. The number of nitrogens with zero attached hydrogens (tertiary/aromatic N) is 2. The van der Waals surface area contributed by atoms with Crippen LogP contribution in [0.2, 0.25) is 0 Å². The highest BCUT2D eigenvalue weighted by atomic mass is 16.6. The molecule has 20 heavy (non-hydrogen) atoms. The van der Waals surface area contributed by atoms with Crippen molar-refractivity contribution in [1.82, 2.24) is 4.98 Å². The van der Waals surface area contributed by atoms with Gasteiger partial charge in [-0.2, -0.15) is 0 Å². The number of hydrogen-bond donors (Lipinski definition) is 1. The number of para-hydroxylation sites is 1. The van der Waals surface area contributed by atoms with Gasteiger partial charge < -0.3 is 5.32 Å². The average Bonchev–Trinajstić information content (AvgIpc) is 2.36. The van der Waals surface area contributed by atoms with E-state index in [0.29, 0.717) is 11.6 Å². The van der Waals surface area contributed by atoms with Crippen LogP contribution in [0.3, 0.4) is 0 Å². The Labute approximate surface area is 117 Å². The van der Waals surface area contributed by atoms with Crippen LogP contribution >= 0.6 is 0 Å². The van der Waals surface area contributed by atoms with Gasteiger partial charge in [-0.05, 0) is 31.7 Å². The molecule has 5 heteroatoms. The predicted molar refractivity (Wildman–Crippen MR) is 78.8 cm³/mol. The second-order valence-corrected chi connectivity index (χ2v) is 5.42. The summed E-state index contributed by atoms with van der Waals surface area (Å²) < 4.78 is 0. The third-order valence-corrected chi connectivity index (χ3v) is 4.18. The molecule has 3 rings (SSSR count). The Kier molecular flexibility index (Phi) is 3.26. The average molecular weight is 271 g/mol. The van der Waals surface area contributed by atoms with Gasteiger partial charge in [0.05, 0.1) is 10.4 Å². The van der Waals surface area contributed by atoms with E-state index in [0.717, 1.165) is 10.9 Å². The zero-order chi connectivity index (χ0) is 14.1. The van der Waals surface area contributed by atoms with Crippen LogP contribution in [0, 0.1) is 16.0 Å². The van der Waals surface area contributed by atoms with Crippen molar-refractivity contribution >= 4 is 22.3 Å². The number of nitrogens with one attached hydrogen (secondary N) is 1. The van der Waals surface area contributed by atoms with E-state index in [9.17, 15) is 10.1 Å². The lowest BCUT2D eigenvalue weighted by Crippen LogP contribution is -2.31. The molecule has 1 aliphatic rings. The van der Waals surface area contributed by atoms with Crippen molar-refractivity contribution in [3.63, 3.8) is 0 Å². The summed E-state index contributed by atoms with van der Waals surface area (Å²) in [4.78, 5) is 15.0. The molecule has 1 heterocycles. The quantitative estimate of drug-likeness (QED) is 0.679. The molecule has 0 aliphatic heterocycles. The summed E-state index contributed by atoms with van der Waals surface area (Å²) in [7, 11) is 0. The van der Waals surface area contributed by atoms with Gasteiger partial charge >= 0.3 is 5.69 Å². The fourth-order valence-corrected chi connectivity index (χ4v) is 2.71. The van der Waals surface area contributed by atoms with Crippen LogP contribution in [-0.4, -0.2) is 15.9 Å². The normalized spacial score (nSPS) is 16.6.